The number of hydrogen-bond donors (Lipinski definition) is 2. The van der Waals surface area contributed by atoms with Crippen LogP contribution in [0.2, 0.25) is 0 Å². The lowest BCUT2D eigenvalue weighted by Crippen LogP contribution is -2.37. The summed E-state index contributed by atoms with van der Waals surface area (Å²) < 4.78 is 10.8. The Bertz CT molecular complexity index is 206. The van der Waals surface area contributed by atoms with Gasteiger partial charge < -0.3 is 24.8 Å². The average molecular weight is 304 g/mol. The van der Waals surface area contributed by atoms with Crippen LogP contribution in [0.3, 0.4) is 0 Å². The highest BCUT2D eigenvalue weighted by Gasteiger charge is 2.04. The smallest absolute Gasteiger partial charge is 0.0897 e. The number of nitrogens with zero attached hydrogens (tertiary/aromatic N) is 1. The van der Waals surface area contributed by atoms with Crippen LogP contribution in [0, 0.1) is 0 Å². The van der Waals surface area contributed by atoms with Crippen molar-refractivity contribution in [1.29, 1.82) is 0 Å². The van der Waals surface area contributed by atoms with Crippen molar-refractivity contribution in [1.82, 2.24) is 10.2 Å². The third kappa shape index (κ3) is 14.5. The zero-order chi connectivity index (χ0) is 15.8. The fourth-order valence-corrected chi connectivity index (χ4v) is 1.99. The highest BCUT2D eigenvalue weighted by molar-refractivity contribution is 4.61. The second-order valence-corrected chi connectivity index (χ2v) is 5.33. The first kappa shape index (κ1) is 20.8. The van der Waals surface area contributed by atoms with E-state index in [-0.39, 0.29) is 0 Å². The Morgan fingerprint density at radius 2 is 1.76 bits per heavy atom. The van der Waals surface area contributed by atoms with Crippen LogP contribution >= 0.6 is 0 Å². The van der Waals surface area contributed by atoms with Crippen LogP contribution in [0.4, 0.5) is 0 Å². The molecule has 21 heavy (non-hydrogen) atoms. The lowest BCUT2D eigenvalue weighted by atomic mass is 10.3. The SMILES string of the molecule is CCCCOCCOCC(O)CNCCN(CC)CCC. The molecule has 5 heteroatoms. The molecule has 0 saturated carbocycles. The molecule has 5 nitrogen and oxygen atoms in total. The number of unbranched alkanes of at least 4 members (excludes halogenated alkanes) is 1. The van der Waals surface area contributed by atoms with E-state index in [4.69, 9.17) is 9.47 Å². The molecule has 0 aliphatic carbocycles. The molecular formula is C16H36N2O3. The van der Waals surface area contributed by atoms with E-state index in [9.17, 15) is 5.11 Å². The van der Waals surface area contributed by atoms with Crippen LogP contribution in [0.15, 0.2) is 0 Å². The number of likely N-dealkylation sites (N-methyl/N-ethyl adjacent to an activating group) is 1. The van der Waals surface area contributed by atoms with Gasteiger partial charge in [-0.3, -0.25) is 0 Å². The summed E-state index contributed by atoms with van der Waals surface area (Å²) >= 11 is 0. The number of aliphatic hydroxyl groups is 1. The number of nitrogens with one attached hydrogen (secondary N) is 1. The van der Waals surface area contributed by atoms with E-state index in [2.05, 4.69) is 31.0 Å². The molecule has 0 aromatic heterocycles. The standard InChI is InChI=1S/C16H36N2O3/c1-4-7-11-20-12-13-21-15-16(19)14-17-8-10-18(6-3)9-5-2/h16-17,19H,4-15H2,1-3H3. The van der Waals surface area contributed by atoms with Crippen LogP contribution in [0.25, 0.3) is 0 Å². The summed E-state index contributed by atoms with van der Waals surface area (Å²) in [5.74, 6) is 0. The van der Waals surface area contributed by atoms with E-state index < -0.39 is 6.10 Å². The van der Waals surface area contributed by atoms with Gasteiger partial charge in [-0.25, -0.2) is 0 Å². The Kier molecular flexibility index (Phi) is 16.0. The van der Waals surface area contributed by atoms with Gasteiger partial charge in [-0.2, -0.15) is 0 Å². The molecule has 0 aromatic carbocycles. The molecule has 0 spiro atoms. The highest BCUT2D eigenvalue weighted by Crippen LogP contribution is 1.91. The minimum absolute atomic E-state index is 0.372. The average Bonchev–Trinajstić information content (AvgIpc) is 2.49. The largest absolute Gasteiger partial charge is 0.389 e. The summed E-state index contributed by atoms with van der Waals surface area (Å²) in [6.45, 7) is 13.6. The van der Waals surface area contributed by atoms with E-state index in [0.29, 0.717) is 26.4 Å². The summed E-state index contributed by atoms with van der Waals surface area (Å²) in [5.41, 5.74) is 0. The Morgan fingerprint density at radius 1 is 1.00 bits per heavy atom. The molecule has 2 N–H and O–H groups in total. The first-order chi connectivity index (χ1) is 10.2. The molecule has 0 amide bonds. The lowest BCUT2D eigenvalue weighted by Gasteiger charge is -2.20. The fourth-order valence-electron chi connectivity index (χ4n) is 1.99. The maximum Gasteiger partial charge on any atom is 0.0897 e. The maximum absolute atomic E-state index is 9.77. The molecule has 1 atom stereocenters. The van der Waals surface area contributed by atoms with Crippen molar-refractivity contribution in [2.45, 2.75) is 46.1 Å². The molecule has 0 heterocycles. The zero-order valence-corrected chi connectivity index (χ0v) is 14.3. The van der Waals surface area contributed by atoms with Gasteiger partial charge in [0.05, 0.1) is 25.9 Å². The number of aliphatic hydroxyl groups excluding tert-OH is 1. The van der Waals surface area contributed by atoms with Crippen LogP contribution in [-0.2, 0) is 9.47 Å². The first-order valence-corrected chi connectivity index (χ1v) is 8.51. The van der Waals surface area contributed by atoms with Gasteiger partial charge in [0.25, 0.3) is 0 Å². The van der Waals surface area contributed by atoms with E-state index in [1.54, 1.807) is 0 Å². The molecule has 0 aromatic rings. The summed E-state index contributed by atoms with van der Waals surface area (Å²) in [6.07, 6.45) is 2.99. The molecular weight excluding hydrogens is 268 g/mol. The highest BCUT2D eigenvalue weighted by atomic mass is 16.5. The van der Waals surface area contributed by atoms with Crippen LogP contribution in [0.5, 0.6) is 0 Å². The lowest BCUT2D eigenvalue weighted by molar-refractivity contribution is 0.00386. The topological polar surface area (TPSA) is 54.0 Å². The van der Waals surface area contributed by atoms with Gasteiger partial charge in [0.1, 0.15) is 0 Å². The zero-order valence-electron chi connectivity index (χ0n) is 14.3. The van der Waals surface area contributed by atoms with Crippen LogP contribution < -0.4 is 5.32 Å². The monoisotopic (exact) mass is 304 g/mol. The molecule has 0 fully saturated rings. The summed E-state index contributed by atoms with van der Waals surface area (Å²) in [4.78, 5) is 2.41. The van der Waals surface area contributed by atoms with Crippen molar-refractivity contribution < 1.29 is 14.6 Å². The molecule has 0 bridgehead atoms. The number of rotatable bonds is 16. The van der Waals surface area contributed by atoms with Gasteiger partial charge in [0, 0.05) is 26.2 Å². The molecule has 0 radical (unpaired) electrons. The molecule has 0 aliphatic heterocycles. The van der Waals surface area contributed by atoms with Crippen LogP contribution in [0.1, 0.15) is 40.0 Å². The molecule has 0 aliphatic rings. The Morgan fingerprint density at radius 3 is 2.43 bits per heavy atom. The Hall–Kier alpha value is -0.200. The van der Waals surface area contributed by atoms with Gasteiger partial charge in [0.15, 0.2) is 0 Å². The van der Waals surface area contributed by atoms with E-state index in [0.717, 1.165) is 45.6 Å². The predicted molar refractivity (Wildman–Crippen MR) is 87.8 cm³/mol. The fraction of sp³-hybridized carbons (Fsp3) is 1.00. The van der Waals surface area contributed by atoms with Crippen molar-refractivity contribution >= 4 is 0 Å². The second kappa shape index (κ2) is 16.2. The summed E-state index contributed by atoms with van der Waals surface area (Å²) in [6, 6.07) is 0. The molecule has 128 valence electrons. The minimum atomic E-state index is -0.443. The van der Waals surface area contributed by atoms with Gasteiger partial charge >= 0.3 is 0 Å². The van der Waals surface area contributed by atoms with Crippen molar-refractivity contribution in [3.63, 3.8) is 0 Å². The normalized spacial score (nSPS) is 13.0. The van der Waals surface area contributed by atoms with Crippen molar-refractivity contribution in [3.8, 4) is 0 Å². The van der Waals surface area contributed by atoms with Gasteiger partial charge in [0.2, 0.25) is 0 Å². The quantitative estimate of drug-likeness (QED) is 0.423. The van der Waals surface area contributed by atoms with Gasteiger partial charge in [-0.15, -0.1) is 0 Å². The van der Waals surface area contributed by atoms with Gasteiger partial charge in [-0.05, 0) is 25.9 Å². The van der Waals surface area contributed by atoms with Crippen molar-refractivity contribution in [2.24, 2.45) is 0 Å². The summed E-state index contributed by atoms with van der Waals surface area (Å²) in [7, 11) is 0. The third-order valence-electron chi connectivity index (χ3n) is 3.30. The first-order valence-electron chi connectivity index (χ1n) is 8.51. The molecule has 0 rings (SSSR count). The summed E-state index contributed by atoms with van der Waals surface area (Å²) in [5, 5.41) is 13.0. The van der Waals surface area contributed by atoms with Crippen molar-refractivity contribution in [3.05, 3.63) is 0 Å². The van der Waals surface area contributed by atoms with E-state index in [1.807, 2.05) is 0 Å². The Balaban J connectivity index is 3.32. The van der Waals surface area contributed by atoms with Gasteiger partial charge in [-0.1, -0.05) is 27.2 Å². The van der Waals surface area contributed by atoms with E-state index in [1.165, 1.54) is 6.42 Å². The maximum atomic E-state index is 9.77. The number of ether oxygens (including phenoxy) is 2. The third-order valence-corrected chi connectivity index (χ3v) is 3.30. The van der Waals surface area contributed by atoms with E-state index >= 15 is 0 Å². The van der Waals surface area contributed by atoms with Crippen molar-refractivity contribution in [2.75, 3.05) is 59.2 Å². The molecule has 0 saturated heterocycles. The molecule has 1 unspecified atom stereocenters. The number of hydrogen-bond acceptors (Lipinski definition) is 5. The Labute approximate surface area is 131 Å². The van der Waals surface area contributed by atoms with Crippen LogP contribution in [-0.4, -0.2) is 75.3 Å². The minimum Gasteiger partial charge on any atom is -0.389 e. The second-order valence-electron chi connectivity index (χ2n) is 5.33. The predicted octanol–water partition coefficient (Wildman–Crippen LogP) is 1.50.